The van der Waals surface area contributed by atoms with E-state index in [9.17, 15) is 9.59 Å². The van der Waals surface area contributed by atoms with Gasteiger partial charge in [0.05, 0.1) is 11.6 Å². The lowest BCUT2D eigenvalue weighted by Gasteiger charge is -2.30. The Kier molecular flexibility index (Phi) is 3.30. The van der Waals surface area contributed by atoms with Gasteiger partial charge in [-0.1, -0.05) is 29.3 Å². The summed E-state index contributed by atoms with van der Waals surface area (Å²) < 4.78 is 0. The zero-order valence-corrected chi connectivity index (χ0v) is 14.9. The summed E-state index contributed by atoms with van der Waals surface area (Å²) in [6, 6.07) is 8.51. The van der Waals surface area contributed by atoms with Crippen molar-refractivity contribution in [2.75, 3.05) is 5.32 Å². The Morgan fingerprint density at radius 1 is 1.00 bits per heavy atom. The van der Waals surface area contributed by atoms with Gasteiger partial charge in [0.2, 0.25) is 0 Å². The molecule has 0 spiro atoms. The number of fused-ring (bicyclic) bond motifs is 4. The van der Waals surface area contributed by atoms with Crippen LogP contribution in [0.15, 0.2) is 57.9 Å². The number of pyridine rings is 1. The van der Waals surface area contributed by atoms with Crippen molar-refractivity contribution in [2.24, 2.45) is 0 Å². The summed E-state index contributed by atoms with van der Waals surface area (Å²) in [6.45, 7) is 0. The van der Waals surface area contributed by atoms with Crippen LogP contribution >= 0.6 is 23.2 Å². The van der Waals surface area contributed by atoms with Crippen molar-refractivity contribution in [1.82, 2.24) is 4.98 Å². The van der Waals surface area contributed by atoms with Crippen molar-refractivity contribution in [3.05, 3.63) is 73.9 Å². The maximum atomic E-state index is 12.9. The maximum absolute atomic E-state index is 12.9. The van der Waals surface area contributed by atoms with Gasteiger partial charge in [-0.3, -0.25) is 9.59 Å². The fourth-order valence-electron chi connectivity index (χ4n) is 3.67. The van der Waals surface area contributed by atoms with Gasteiger partial charge < -0.3 is 10.3 Å². The highest BCUT2D eigenvalue weighted by Gasteiger charge is 2.31. The molecule has 1 aliphatic heterocycles. The van der Waals surface area contributed by atoms with Crippen LogP contribution in [-0.2, 0) is 0 Å². The Bertz CT molecular complexity index is 1250. The van der Waals surface area contributed by atoms with Gasteiger partial charge in [-0.05, 0) is 42.8 Å². The molecule has 3 aromatic rings. The monoisotopic (exact) mass is 382 g/mol. The van der Waals surface area contributed by atoms with E-state index in [0.717, 1.165) is 0 Å². The van der Waals surface area contributed by atoms with E-state index in [1.807, 2.05) is 6.08 Å². The van der Waals surface area contributed by atoms with Crippen molar-refractivity contribution in [3.8, 4) is 0 Å². The summed E-state index contributed by atoms with van der Waals surface area (Å²) in [7, 11) is 0. The number of aromatic amines is 1. The van der Waals surface area contributed by atoms with Crippen LogP contribution in [0.4, 0.5) is 5.69 Å². The van der Waals surface area contributed by atoms with Crippen LogP contribution < -0.4 is 10.7 Å². The van der Waals surface area contributed by atoms with Crippen molar-refractivity contribution in [1.29, 1.82) is 0 Å². The topological polar surface area (TPSA) is 62.0 Å². The number of anilines is 1. The number of rotatable bonds is 0. The van der Waals surface area contributed by atoms with Crippen LogP contribution in [0.3, 0.4) is 0 Å². The summed E-state index contributed by atoms with van der Waals surface area (Å²) in [5.41, 5.74) is 3.05. The molecular formula is C20H12Cl2N2O2. The molecule has 0 radical (unpaired) electrons. The molecule has 128 valence electrons. The average Bonchev–Trinajstić information content (AvgIpc) is 2.63. The fraction of sp³-hybridized carbons (Fsp3) is 0.100. The molecule has 1 unspecified atom stereocenters. The second-order valence-electron chi connectivity index (χ2n) is 6.54. The number of Topliss-reactive ketones (excluding diaryl/α,β-unsaturated/α-hetero) is 1. The van der Waals surface area contributed by atoms with E-state index < -0.39 is 0 Å². The van der Waals surface area contributed by atoms with E-state index in [1.54, 1.807) is 36.4 Å². The minimum atomic E-state index is -0.121. The van der Waals surface area contributed by atoms with Crippen LogP contribution in [0.2, 0.25) is 5.02 Å². The van der Waals surface area contributed by atoms with E-state index in [4.69, 9.17) is 23.2 Å². The first kappa shape index (κ1) is 15.7. The first-order valence-corrected chi connectivity index (χ1v) is 8.94. The van der Waals surface area contributed by atoms with Crippen LogP contribution in [0, 0.1) is 0 Å². The van der Waals surface area contributed by atoms with E-state index in [2.05, 4.69) is 10.3 Å². The van der Waals surface area contributed by atoms with Gasteiger partial charge in [-0.2, -0.15) is 0 Å². The molecule has 0 saturated carbocycles. The third kappa shape index (κ3) is 2.23. The average molecular weight is 383 g/mol. The Balaban J connectivity index is 1.79. The number of hydrogen-bond donors (Lipinski definition) is 2. The molecule has 1 aliphatic carbocycles. The third-order valence-corrected chi connectivity index (χ3v) is 5.45. The highest BCUT2D eigenvalue weighted by atomic mass is 35.5. The lowest BCUT2D eigenvalue weighted by Crippen LogP contribution is -2.33. The molecule has 26 heavy (non-hydrogen) atoms. The number of halogens is 2. The zero-order chi connectivity index (χ0) is 18.0. The number of allylic oxidation sites excluding steroid dienone is 2. The Hall–Kier alpha value is -2.56. The van der Waals surface area contributed by atoms with Crippen molar-refractivity contribution in [2.45, 2.75) is 12.5 Å². The summed E-state index contributed by atoms with van der Waals surface area (Å²) in [6.07, 6.45) is 4.23. The number of hydrogen-bond acceptors (Lipinski definition) is 3. The maximum Gasteiger partial charge on any atom is 0.197 e. The lowest BCUT2D eigenvalue weighted by molar-refractivity contribution is 0.102. The Labute approximate surface area is 158 Å². The van der Waals surface area contributed by atoms with E-state index in [0.29, 0.717) is 55.1 Å². The van der Waals surface area contributed by atoms with Gasteiger partial charge >= 0.3 is 0 Å². The van der Waals surface area contributed by atoms with Crippen molar-refractivity contribution in [3.63, 3.8) is 0 Å². The zero-order valence-electron chi connectivity index (χ0n) is 13.4. The molecule has 0 fully saturated rings. The SMILES string of the molecule is O=C1C2=CC(Cl)=CCC2Nc2cc3c(=O)c4cc(Cl)ccc4[nH]c3cc21. The van der Waals surface area contributed by atoms with E-state index in [-0.39, 0.29) is 17.3 Å². The summed E-state index contributed by atoms with van der Waals surface area (Å²) in [5.74, 6) is -0.0612. The summed E-state index contributed by atoms with van der Waals surface area (Å²) >= 11 is 12.1. The highest BCUT2D eigenvalue weighted by molar-refractivity contribution is 6.32. The molecule has 2 N–H and O–H groups in total. The molecule has 1 aromatic heterocycles. The third-order valence-electron chi connectivity index (χ3n) is 4.95. The largest absolute Gasteiger partial charge is 0.377 e. The number of carbonyl (C=O) groups is 1. The molecule has 0 amide bonds. The predicted octanol–water partition coefficient (Wildman–Crippen LogP) is 4.76. The van der Waals surface area contributed by atoms with Crippen LogP contribution in [0.1, 0.15) is 16.8 Å². The Morgan fingerprint density at radius 3 is 2.65 bits per heavy atom. The van der Waals surface area contributed by atoms with Gasteiger partial charge in [0.1, 0.15) is 0 Å². The number of benzene rings is 2. The van der Waals surface area contributed by atoms with Gasteiger partial charge in [0.25, 0.3) is 0 Å². The number of nitrogens with one attached hydrogen (secondary N) is 2. The molecule has 5 rings (SSSR count). The summed E-state index contributed by atoms with van der Waals surface area (Å²) in [5, 5.41) is 5.49. The predicted molar refractivity (Wildman–Crippen MR) is 105 cm³/mol. The van der Waals surface area contributed by atoms with Crippen molar-refractivity contribution >= 4 is 56.5 Å². The van der Waals surface area contributed by atoms with E-state index >= 15 is 0 Å². The van der Waals surface area contributed by atoms with Crippen LogP contribution in [-0.4, -0.2) is 16.8 Å². The smallest absolute Gasteiger partial charge is 0.197 e. The normalized spacial score (nSPS) is 18.8. The first-order chi connectivity index (χ1) is 12.5. The molecule has 0 bridgehead atoms. The van der Waals surface area contributed by atoms with Gasteiger partial charge in [0.15, 0.2) is 11.2 Å². The summed E-state index contributed by atoms with van der Waals surface area (Å²) in [4.78, 5) is 29.1. The molecular weight excluding hydrogens is 371 g/mol. The molecule has 6 heteroatoms. The van der Waals surface area contributed by atoms with Gasteiger partial charge in [-0.25, -0.2) is 0 Å². The minimum Gasteiger partial charge on any atom is -0.377 e. The van der Waals surface area contributed by atoms with Crippen LogP contribution in [0.5, 0.6) is 0 Å². The first-order valence-electron chi connectivity index (χ1n) is 8.19. The minimum absolute atomic E-state index is 0.0612. The van der Waals surface area contributed by atoms with Crippen molar-refractivity contribution < 1.29 is 4.79 Å². The Morgan fingerprint density at radius 2 is 1.81 bits per heavy atom. The number of aromatic nitrogens is 1. The second-order valence-corrected chi connectivity index (χ2v) is 7.41. The number of ketones is 1. The lowest BCUT2D eigenvalue weighted by atomic mass is 9.86. The second kappa shape index (κ2) is 5.47. The number of carbonyl (C=O) groups excluding carboxylic acids is 1. The standard InChI is InChI=1S/C20H12Cl2N2O2/c21-9-1-3-15-11(5-9)19(25)13-8-18-14(7-17(13)23-15)20(26)12-6-10(22)2-4-16(12)24-18/h1-3,5-8,16,24H,4H2,(H,23,25). The molecule has 2 aromatic carbocycles. The van der Waals surface area contributed by atoms with E-state index in [1.165, 1.54) is 0 Å². The highest BCUT2D eigenvalue weighted by Crippen LogP contribution is 2.35. The molecule has 2 aliphatic rings. The molecule has 2 heterocycles. The fourth-order valence-corrected chi connectivity index (χ4v) is 4.05. The van der Waals surface area contributed by atoms with Gasteiger partial charge in [0, 0.05) is 43.2 Å². The van der Waals surface area contributed by atoms with Crippen LogP contribution in [0.25, 0.3) is 21.8 Å². The quantitative estimate of drug-likeness (QED) is 0.550. The van der Waals surface area contributed by atoms with Gasteiger partial charge in [-0.15, -0.1) is 0 Å². The molecule has 0 saturated heterocycles. The molecule has 1 atom stereocenters. The molecule has 4 nitrogen and oxygen atoms in total. The number of H-pyrrole nitrogens is 1.